The van der Waals surface area contributed by atoms with Crippen molar-refractivity contribution < 1.29 is 22.3 Å². The van der Waals surface area contributed by atoms with Crippen LogP contribution in [0.2, 0.25) is 0 Å². The van der Waals surface area contributed by atoms with E-state index in [-0.39, 0.29) is 24.1 Å². The maximum atomic E-state index is 13.6. The third kappa shape index (κ3) is 4.13. The number of anilines is 1. The zero-order valence-corrected chi connectivity index (χ0v) is 14.3. The van der Waals surface area contributed by atoms with E-state index in [0.717, 1.165) is 18.3 Å². The minimum Gasteiger partial charge on any atom is -0.457 e. The molecule has 1 N–H and O–H groups in total. The molecule has 11 heteroatoms. The molecule has 3 rings (SSSR count). The zero-order chi connectivity index (χ0) is 19.6. The van der Waals surface area contributed by atoms with E-state index in [0.29, 0.717) is 12.6 Å². The molecule has 0 radical (unpaired) electrons. The van der Waals surface area contributed by atoms with Gasteiger partial charge in [-0.3, -0.25) is 0 Å². The number of nitrogens with zero attached hydrogens (tertiary/aromatic N) is 5. The molecule has 0 bridgehead atoms. The summed E-state index contributed by atoms with van der Waals surface area (Å²) in [5, 5.41) is 10.2. The third-order valence-electron chi connectivity index (χ3n) is 3.54. The number of nitrogens with one attached hydrogen (secondary N) is 1. The Labute approximate surface area is 151 Å². The topological polar surface area (TPSA) is 77.8 Å². The Hall–Kier alpha value is -3.24. The molecule has 0 aliphatic rings. The second kappa shape index (κ2) is 7.17. The summed E-state index contributed by atoms with van der Waals surface area (Å²) >= 11 is 0. The number of aromatic nitrogens is 5. The van der Waals surface area contributed by atoms with E-state index >= 15 is 0 Å². The lowest BCUT2D eigenvalue weighted by Crippen LogP contribution is -2.11. The first-order chi connectivity index (χ1) is 12.8. The van der Waals surface area contributed by atoms with Crippen LogP contribution < -0.4 is 10.1 Å². The molecule has 0 aliphatic carbocycles. The first-order valence-electron chi connectivity index (χ1n) is 7.70. The van der Waals surface area contributed by atoms with Crippen molar-refractivity contribution in [2.45, 2.75) is 19.5 Å². The molecule has 0 saturated carbocycles. The van der Waals surface area contributed by atoms with Crippen molar-refractivity contribution in [2.24, 2.45) is 0 Å². The van der Waals surface area contributed by atoms with Gasteiger partial charge >= 0.3 is 6.01 Å². The van der Waals surface area contributed by atoms with Crippen molar-refractivity contribution in [3.63, 3.8) is 0 Å². The van der Waals surface area contributed by atoms with Crippen LogP contribution in [0.5, 0.6) is 6.01 Å². The first kappa shape index (κ1) is 18.5. The molecule has 3 aromatic rings. The molecule has 0 saturated heterocycles. The fraction of sp³-hybridized carbons (Fsp3) is 0.250. The third-order valence-corrected chi connectivity index (χ3v) is 3.54. The van der Waals surface area contributed by atoms with Gasteiger partial charge in [0.1, 0.15) is 18.1 Å². The number of ether oxygens (including phenoxy) is 1. The predicted molar refractivity (Wildman–Crippen MR) is 86.8 cm³/mol. The molecule has 2 aromatic heterocycles. The largest absolute Gasteiger partial charge is 0.457 e. The van der Waals surface area contributed by atoms with E-state index in [4.69, 9.17) is 4.74 Å². The highest BCUT2D eigenvalue weighted by atomic mass is 19.3. The number of hydrogen-bond acceptors (Lipinski definition) is 6. The average Bonchev–Trinajstić information content (AvgIpc) is 3.09. The van der Waals surface area contributed by atoms with Gasteiger partial charge in [0.2, 0.25) is 0 Å². The summed E-state index contributed by atoms with van der Waals surface area (Å²) in [5.74, 6) is -5.00. The smallest absolute Gasteiger partial charge is 0.318 e. The molecule has 7 nitrogen and oxygen atoms in total. The van der Waals surface area contributed by atoms with Gasteiger partial charge in [-0.05, 0) is 18.2 Å². The minimum absolute atomic E-state index is 0.0250. The summed E-state index contributed by atoms with van der Waals surface area (Å²) in [5.41, 5.74) is -0.196. The second-order valence-electron chi connectivity index (χ2n) is 5.59. The molecule has 0 fully saturated rings. The number of halogens is 4. The molecular weight excluding hydrogens is 368 g/mol. The molecule has 27 heavy (non-hydrogen) atoms. The number of hydrogen-bond donors (Lipinski definition) is 1. The van der Waals surface area contributed by atoms with Crippen molar-refractivity contribution in [3.8, 4) is 11.7 Å². The van der Waals surface area contributed by atoms with Crippen LogP contribution in [0.4, 0.5) is 23.4 Å². The number of benzene rings is 1. The van der Waals surface area contributed by atoms with Crippen molar-refractivity contribution in [3.05, 3.63) is 53.5 Å². The Morgan fingerprint density at radius 3 is 2.70 bits per heavy atom. The summed E-state index contributed by atoms with van der Waals surface area (Å²) < 4.78 is 60.4. The SMILES string of the molecule is CNc1nc(OCc2cn(-c3ccc(F)c(C(C)(F)F)c3)nn2)ncc1F. The van der Waals surface area contributed by atoms with Crippen LogP contribution in [0.3, 0.4) is 0 Å². The predicted octanol–water partition coefficient (Wildman–Crippen LogP) is 3.07. The summed E-state index contributed by atoms with van der Waals surface area (Å²) in [4.78, 5) is 7.51. The summed E-state index contributed by atoms with van der Waals surface area (Å²) in [6.07, 6.45) is 2.38. The van der Waals surface area contributed by atoms with Gasteiger partial charge in [-0.2, -0.15) is 4.98 Å². The molecule has 0 amide bonds. The Bertz CT molecular complexity index is 956. The van der Waals surface area contributed by atoms with Crippen molar-refractivity contribution >= 4 is 5.82 Å². The van der Waals surface area contributed by atoms with E-state index in [9.17, 15) is 17.6 Å². The average molecular weight is 382 g/mol. The van der Waals surface area contributed by atoms with Gasteiger partial charge in [0, 0.05) is 14.0 Å². The summed E-state index contributed by atoms with van der Waals surface area (Å²) in [7, 11) is 1.50. The standard InChI is InChI=1S/C16H14F4N6O/c1-16(19,20)11-5-10(3-4-12(11)17)26-7-9(24-25-26)8-27-15-22-6-13(18)14(21-2)23-15/h3-7H,8H2,1-2H3,(H,21,22,23). The van der Waals surface area contributed by atoms with Crippen LogP contribution >= 0.6 is 0 Å². The van der Waals surface area contributed by atoms with Gasteiger partial charge in [0.15, 0.2) is 11.6 Å². The maximum absolute atomic E-state index is 13.6. The van der Waals surface area contributed by atoms with E-state index in [1.54, 1.807) is 0 Å². The lowest BCUT2D eigenvalue weighted by Gasteiger charge is -2.12. The fourth-order valence-corrected chi connectivity index (χ4v) is 2.22. The van der Waals surface area contributed by atoms with Gasteiger partial charge in [0.25, 0.3) is 5.92 Å². The summed E-state index contributed by atoms with van der Waals surface area (Å²) in [6, 6.07) is 3.15. The van der Waals surface area contributed by atoms with Crippen LogP contribution in [0.1, 0.15) is 18.2 Å². The van der Waals surface area contributed by atoms with Crippen molar-refractivity contribution in [1.82, 2.24) is 25.0 Å². The van der Waals surface area contributed by atoms with Crippen molar-refractivity contribution in [1.29, 1.82) is 0 Å². The Morgan fingerprint density at radius 1 is 1.22 bits per heavy atom. The zero-order valence-electron chi connectivity index (χ0n) is 14.3. The Balaban J connectivity index is 1.76. The summed E-state index contributed by atoms with van der Waals surface area (Å²) in [6.45, 7) is 0.519. The van der Waals surface area contributed by atoms with Crippen LogP contribution in [-0.4, -0.2) is 32.0 Å². The molecule has 1 aromatic carbocycles. The molecule has 2 heterocycles. The van der Waals surface area contributed by atoms with Crippen molar-refractivity contribution in [2.75, 3.05) is 12.4 Å². The second-order valence-corrected chi connectivity index (χ2v) is 5.59. The fourth-order valence-electron chi connectivity index (χ4n) is 2.22. The number of rotatable bonds is 6. The van der Waals surface area contributed by atoms with Gasteiger partial charge in [0.05, 0.1) is 23.6 Å². The minimum atomic E-state index is -3.34. The lowest BCUT2D eigenvalue weighted by atomic mass is 10.1. The van der Waals surface area contributed by atoms with Gasteiger partial charge in [-0.15, -0.1) is 5.10 Å². The highest BCUT2D eigenvalue weighted by Gasteiger charge is 2.28. The van der Waals surface area contributed by atoms with Crippen LogP contribution in [0.15, 0.2) is 30.6 Å². The highest BCUT2D eigenvalue weighted by Crippen LogP contribution is 2.30. The van der Waals surface area contributed by atoms with Gasteiger partial charge in [-0.25, -0.2) is 27.2 Å². The van der Waals surface area contributed by atoms with E-state index < -0.39 is 23.1 Å². The van der Waals surface area contributed by atoms with Crippen LogP contribution in [0.25, 0.3) is 5.69 Å². The van der Waals surface area contributed by atoms with Crippen LogP contribution in [0, 0.1) is 11.6 Å². The normalized spacial score (nSPS) is 11.5. The first-order valence-corrected chi connectivity index (χ1v) is 7.70. The molecule has 142 valence electrons. The molecule has 0 spiro atoms. The lowest BCUT2D eigenvalue weighted by molar-refractivity contribution is 0.0137. The molecule has 0 aliphatic heterocycles. The Kier molecular flexibility index (Phi) is 4.93. The maximum Gasteiger partial charge on any atom is 0.318 e. The monoisotopic (exact) mass is 382 g/mol. The molecule has 0 unspecified atom stereocenters. The van der Waals surface area contributed by atoms with Crippen LogP contribution in [-0.2, 0) is 12.5 Å². The van der Waals surface area contributed by atoms with Gasteiger partial charge < -0.3 is 10.1 Å². The quantitative estimate of drug-likeness (QED) is 0.661. The van der Waals surface area contributed by atoms with E-state index in [1.807, 2.05) is 0 Å². The van der Waals surface area contributed by atoms with Gasteiger partial charge in [-0.1, -0.05) is 5.21 Å². The Morgan fingerprint density at radius 2 is 2.00 bits per heavy atom. The van der Waals surface area contributed by atoms with E-state index in [2.05, 4.69) is 25.6 Å². The highest BCUT2D eigenvalue weighted by molar-refractivity contribution is 5.38. The molecular formula is C16H14F4N6O. The van der Waals surface area contributed by atoms with E-state index in [1.165, 1.54) is 24.0 Å². The number of alkyl halides is 2. The molecule has 0 atom stereocenters.